The number of amides is 1. The largest absolute Gasteiger partial charge is 0.380 e. The molecule has 1 fully saturated rings. The smallest absolute Gasteiger partial charge is 0.222 e. The van der Waals surface area contributed by atoms with Crippen molar-refractivity contribution in [3.05, 3.63) is 90.3 Å². The van der Waals surface area contributed by atoms with Gasteiger partial charge in [0, 0.05) is 31.9 Å². The molecule has 0 atom stereocenters. The van der Waals surface area contributed by atoms with Crippen LogP contribution in [0.1, 0.15) is 36.3 Å². The Labute approximate surface area is 196 Å². The number of likely N-dealkylation sites (tertiary alicyclic amines) is 1. The first-order valence-electron chi connectivity index (χ1n) is 11.9. The van der Waals surface area contributed by atoms with E-state index in [1.165, 1.54) is 29.5 Å². The number of nitrogens with one attached hydrogen (secondary N) is 1. The van der Waals surface area contributed by atoms with Crippen molar-refractivity contribution in [3.8, 4) is 11.1 Å². The van der Waals surface area contributed by atoms with E-state index in [0.29, 0.717) is 32.1 Å². The third kappa shape index (κ3) is 6.98. The number of carbonyl (C=O) groups excluding carboxylic acids is 1. The van der Waals surface area contributed by atoms with Crippen molar-refractivity contribution in [1.82, 2.24) is 15.2 Å². The van der Waals surface area contributed by atoms with Crippen LogP contribution < -0.4 is 5.32 Å². The molecule has 0 radical (unpaired) electrons. The number of ether oxygens (including phenoxy) is 1. The summed E-state index contributed by atoms with van der Waals surface area (Å²) in [5.74, 6) is 0.618. The van der Waals surface area contributed by atoms with Crippen molar-refractivity contribution in [3.63, 3.8) is 0 Å². The molecule has 1 N–H and O–H groups in total. The van der Waals surface area contributed by atoms with Crippen molar-refractivity contribution < 1.29 is 9.53 Å². The molecule has 4 rings (SSSR count). The fourth-order valence-corrected chi connectivity index (χ4v) is 4.45. The van der Waals surface area contributed by atoms with Gasteiger partial charge in [0.15, 0.2) is 0 Å². The molecule has 0 bridgehead atoms. The monoisotopic (exact) mass is 443 g/mol. The zero-order chi connectivity index (χ0) is 22.7. The molecular formula is C28H33N3O2. The maximum absolute atomic E-state index is 12.0. The minimum absolute atomic E-state index is 0.0182. The second kappa shape index (κ2) is 12.3. The third-order valence-electron chi connectivity index (χ3n) is 6.34. The summed E-state index contributed by atoms with van der Waals surface area (Å²) in [6.45, 7) is 4.76. The van der Waals surface area contributed by atoms with E-state index in [4.69, 9.17) is 4.74 Å². The molecule has 0 spiro atoms. The van der Waals surface area contributed by atoms with E-state index in [1.54, 1.807) is 12.4 Å². The van der Waals surface area contributed by atoms with E-state index in [0.717, 1.165) is 25.2 Å². The number of aromatic nitrogens is 1. The summed E-state index contributed by atoms with van der Waals surface area (Å²) in [6.07, 6.45) is 6.19. The van der Waals surface area contributed by atoms with Crippen LogP contribution in [0.5, 0.6) is 0 Å². The summed E-state index contributed by atoms with van der Waals surface area (Å²) < 4.78 is 5.74. The highest BCUT2D eigenvalue weighted by molar-refractivity contribution is 5.75. The van der Waals surface area contributed by atoms with Crippen LogP contribution >= 0.6 is 0 Å². The third-order valence-corrected chi connectivity index (χ3v) is 6.34. The van der Waals surface area contributed by atoms with Gasteiger partial charge in [0.25, 0.3) is 0 Å². The first kappa shape index (κ1) is 23.1. The molecule has 5 nitrogen and oxygen atoms in total. The molecule has 1 amide bonds. The number of hydrogen-bond donors (Lipinski definition) is 1. The molecule has 0 saturated carbocycles. The van der Waals surface area contributed by atoms with Crippen molar-refractivity contribution in [2.24, 2.45) is 0 Å². The highest BCUT2D eigenvalue weighted by Crippen LogP contribution is 2.35. The molecule has 1 aliphatic heterocycles. The van der Waals surface area contributed by atoms with Crippen molar-refractivity contribution in [2.75, 3.05) is 32.8 Å². The quantitative estimate of drug-likeness (QED) is 0.464. The topological polar surface area (TPSA) is 54.5 Å². The maximum atomic E-state index is 12.0. The fraction of sp³-hybridized carbons (Fsp3) is 0.357. The van der Waals surface area contributed by atoms with Gasteiger partial charge in [-0.15, -0.1) is 0 Å². The van der Waals surface area contributed by atoms with Gasteiger partial charge in [0.05, 0.1) is 13.2 Å². The second-order valence-electron chi connectivity index (χ2n) is 8.56. The lowest BCUT2D eigenvalue weighted by Crippen LogP contribution is -2.35. The molecule has 33 heavy (non-hydrogen) atoms. The van der Waals surface area contributed by atoms with E-state index in [-0.39, 0.29) is 5.91 Å². The van der Waals surface area contributed by atoms with Crippen LogP contribution in [-0.2, 0) is 16.1 Å². The van der Waals surface area contributed by atoms with Crippen LogP contribution in [0.3, 0.4) is 0 Å². The van der Waals surface area contributed by atoms with Gasteiger partial charge in [-0.2, -0.15) is 0 Å². The lowest BCUT2D eigenvalue weighted by atomic mass is 9.84. The second-order valence-corrected chi connectivity index (χ2v) is 8.56. The number of nitrogens with zero attached hydrogens (tertiary/aromatic N) is 2. The molecule has 172 valence electrons. The van der Waals surface area contributed by atoms with E-state index in [2.05, 4.69) is 69.8 Å². The van der Waals surface area contributed by atoms with Gasteiger partial charge in [-0.25, -0.2) is 0 Å². The number of pyridine rings is 1. The molecule has 3 aromatic rings. The molecule has 0 unspecified atom stereocenters. The highest BCUT2D eigenvalue weighted by Gasteiger charge is 2.22. The molecule has 2 heterocycles. The van der Waals surface area contributed by atoms with Gasteiger partial charge in [0.1, 0.15) is 0 Å². The Morgan fingerprint density at radius 3 is 2.45 bits per heavy atom. The predicted molar refractivity (Wildman–Crippen MR) is 132 cm³/mol. The molecule has 1 saturated heterocycles. The number of benzene rings is 2. The van der Waals surface area contributed by atoms with Crippen LogP contribution in [0.4, 0.5) is 0 Å². The van der Waals surface area contributed by atoms with Crippen LogP contribution in [0.2, 0.25) is 0 Å². The lowest BCUT2D eigenvalue weighted by molar-refractivity contribution is -0.122. The average molecular weight is 444 g/mol. The van der Waals surface area contributed by atoms with Crippen LogP contribution in [0.15, 0.2) is 79.1 Å². The molecule has 1 aromatic heterocycles. The van der Waals surface area contributed by atoms with Crippen LogP contribution in [0.25, 0.3) is 11.1 Å². The number of piperidine rings is 1. The minimum atomic E-state index is 0.0182. The van der Waals surface area contributed by atoms with Gasteiger partial charge in [-0.3, -0.25) is 9.78 Å². The Hall–Kier alpha value is -3.02. The summed E-state index contributed by atoms with van der Waals surface area (Å²) in [4.78, 5) is 18.4. The standard InChI is InChI=1S/C28H33N3O2/c32-28(30-22-23-10-15-29-16-11-23)14-20-33-21-19-31-17-12-25(13-18-31)27-9-5-4-8-26(27)24-6-2-1-3-7-24/h1-11,15-16,25H,12-14,17-22H2,(H,30,32). The predicted octanol–water partition coefficient (Wildman–Crippen LogP) is 4.65. The first-order valence-corrected chi connectivity index (χ1v) is 11.9. The summed E-state index contributed by atoms with van der Waals surface area (Å²) in [5, 5.41) is 2.92. The minimum Gasteiger partial charge on any atom is -0.380 e. The Kier molecular flexibility index (Phi) is 8.62. The van der Waals surface area contributed by atoms with Crippen molar-refractivity contribution in [1.29, 1.82) is 0 Å². The van der Waals surface area contributed by atoms with E-state index < -0.39 is 0 Å². The summed E-state index contributed by atoms with van der Waals surface area (Å²) >= 11 is 0. The number of hydrogen-bond acceptors (Lipinski definition) is 4. The molecular weight excluding hydrogens is 410 g/mol. The van der Waals surface area contributed by atoms with Crippen molar-refractivity contribution in [2.45, 2.75) is 31.7 Å². The van der Waals surface area contributed by atoms with Gasteiger partial charge in [0.2, 0.25) is 5.91 Å². The molecule has 2 aromatic carbocycles. The Bertz CT molecular complexity index is 986. The Morgan fingerprint density at radius 1 is 0.939 bits per heavy atom. The molecule has 0 aliphatic carbocycles. The van der Waals surface area contributed by atoms with Crippen LogP contribution in [0, 0.1) is 0 Å². The summed E-state index contributed by atoms with van der Waals surface area (Å²) in [6, 6.07) is 23.3. The Balaban J connectivity index is 1.14. The molecule has 1 aliphatic rings. The van der Waals surface area contributed by atoms with E-state index in [9.17, 15) is 4.79 Å². The van der Waals surface area contributed by atoms with Gasteiger partial charge < -0.3 is 15.0 Å². The zero-order valence-electron chi connectivity index (χ0n) is 19.2. The van der Waals surface area contributed by atoms with Gasteiger partial charge in [-0.1, -0.05) is 54.6 Å². The fourth-order valence-electron chi connectivity index (χ4n) is 4.45. The first-order chi connectivity index (χ1) is 16.3. The Morgan fingerprint density at radius 2 is 1.67 bits per heavy atom. The SMILES string of the molecule is O=C(CCOCCN1CCC(c2ccccc2-c2ccccc2)CC1)NCc1ccncc1. The number of rotatable bonds is 10. The average Bonchev–Trinajstić information content (AvgIpc) is 2.89. The van der Waals surface area contributed by atoms with E-state index >= 15 is 0 Å². The normalized spacial score (nSPS) is 14.8. The molecule has 5 heteroatoms. The number of carbonyl (C=O) groups is 1. The van der Waals surface area contributed by atoms with Gasteiger partial charge >= 0.3 is 0 Å². The summed E-state index contributed by atoms with van der Waals surface area (Å²) in [5.41, 5.74) is 5.18. The van der Waals surface area contributed by atoms with Crippen LogP contribution in [-0.4, -0.2) is 48.6 Å². The van der Waals surface area contributed by atoms with Gasteiger partial charge in [-0.05, 0) is 66.2 Å². The van der Waals surface area contributed by atoms with E-state index in [1.807, 2.05) is 12.1 Å². The van der Waals surface area contributed by atoms with Crippen molar-refractivity contribution >= 4 is 5.91 Å². The maximum Gasteiger partial charge on any atom is 0.222 e. The highest BCUT2D eigenvalue weighted by atomic mass is 16.5. The summed E-state index contributed by atoms with van der Waals surface area (Å²) in [7, 11) is 0. The lowest BCUT2D eigenvalue weighted by Gasteiger charge is -2.33. The zero-order valence-corrected chi connectivity index (χ0v) is 19.2.